The van der Waals surface area contributed by atoms with E-state index in [0.717, 1.165) is 0 Å². The van der Waals surface area contributed by atoms with Crippen molar-refractivity contribution < 1.29 is 91.1 Å². The number of fused-ring (bicyclic) bond motifs is 14. The van der Waals surface area contributed by atoms with Crippen LogP contribution in [0.15, 0.2) is 444 Å². The summed E-state index contributed by atoms with van der Waals surface area (Å²) in [5.74, 6) is -3.98. The molecule has 0 spiro atoms. The van der Waals surface area contributed by atoms with Crippen molar-refractivity contribution in [3.63, 3.8) is 0 Å². The van der Waals surface area contributed by atoms with E-state index >= 15 is 0 Å². The molecule has 0 amide bonds. The number of aromatic nitrogens is 4. The van der Waals surface area contributed by atoms with Crippen LogP contribution in [-0.4, -0.2) is 19.9 Å². The molecule has 0 unspecified atom stereocenters. The molecule has 6 nitrogen and oxygen atoms in total. The highest BCUT2D eigenvalue weighted by Crippen LogP contribution is 2.54. The first kappa shape index (κ1) is 32.9. The maximum Gasteiger partial charge on any atom is 0.143 e. The average molecular weight is 1610 g/mol. The summed E-state index contributed by atoms with van der Waals surface area (Å²) in [4.78, 5) is 17.6. The minimum absolute atomic E-state index is 0.0360. The average Bonchev–Trinajstić information content (AvgIpc) is 1.51. The second-order valence-corrected chi connectivity index (χ2v) is 26.7. The van der Waals surface area contributed by atoms with Crippen LogP contribution in [0.4, 0.5) is 0 Å². The van der Waals surface area contributed by atoms with Crippen molar-refractivity contribution in [3.05, 3.63) is 436 Å². The number of furan rings is 2. The third kappa shape index (κ3) is 12.3. The molecule has 0 N–H and O–H groups in total. The minimum Gasteiger partial charge on any atom is -0.455 e. The molecule has 6 heterocycles. The van der Waals surface area contributed by atoms with E-state index in [9.17, 15) is 32.9 Å². The van der Waals surface area contributed by atoms with Gasteiger partial charge in [-0.15, -0.1) is 0 Å². The summed E-state index contributed by atoms with van der Waals surface area (Å²) in [5.41, 5.74) is -13.1. The summed E-state index contributed by atoms with van der Waals surface area (Å²) in [7, 11) is 0. The molecule has 0 atom stereocenters. The predicted octanol–water partition coefficient (Wildman–Crippen LogP) is 31.7. The van der Waals surface area contributed by atoms with Crippen LogP contribution < -0.4 is 0 Å². The summed E-state index contributed by atoms with van der Waals surface area (Å²) in [6.07, 6.45) is -1.33. The Morgan fingerprint density at radius 2 is 0.508 bits per heavy atom. The molecular formula is C116H72N4O2. The minimum atomic E-state index is -1.09. The van der Waals surface area contributed by atoms with Gasteiger partial charge in [-0.3, -0.25) is 9.97 Å². The van der Waals surface area contributed by atoms with E-state index in [4.69, 9.17) is 58.2 Å². The quantitative estimate of drug-likeness (QED) is 0.113. The van der Waals surface area contributed by atoms with Crippen LogP contribution in [0.25, 0.3) is 243 Å². The standard InChI is InChI=1S/2C58H36N2O/c1-3-15-37(16-4-1)53-54(38-17-5-2-6-18-38)58(51-36-42-19-7-8-23-44(42)46-24-10-12-27-49(46)51)61-57(53)43-21-13-20-41(35-43)45-31-32-50(48-26-11-9-25-47(45)48)52-33-30-40-29-28-39-22-14-34-59-55(39)56(40)60-52;1-3-14-38(15-4-1)54-53(57(42-16-5-2-6-17-42)61-58(54)51-36-43-18-7-8-20-44(43)46-21-10-12-24-49(46)51)39-27-25-37(26-28-39)45-32-33-50(48-23-11-9-22-47(45)48)52-34-31-41-30-29-40-19-13-35-59-55(40)56(41)60-52/h2*1-36H/i1D,2D,3D,4D,5D,6D,7D,8D,10D,12D,13D,14D,15D,16D,17D,18D,19D,20D,21D,22D,23D,24D,27D,28D,29D,30D,33D,34D,35D,36D;1D,2D,3D,4D,5D,6D,7D,8D,10D,12D,13D,14D,15D,16D,17D,18D,19D,20D,21D,24D,25D,26D,27D,28D,29D,30D,31D,34D,35D,36D. The van der Waals surface area contributed by atoms with Gasteiger partial charge in [0, 0.05) is 89.5 Å². The zero-order chi connectivity index (χ0) is 133. The van der Waals surface area contributed by atoms with Crippen molar-refractivity contribution in [2.45, 2.75) is 0 Å². The zero-order valence-electron chi connectivity index (χ0n) is 122. The molecular weight excluding hydrogens is 1480 g/mol. The molecule has 24 aromatic rings. The first-order chi connectivity index (χ1) is 85.5. The van der Waals surface area contributed by atoms with E-state index in [1.165, 1.54) is 54.6 Å². The van der Waals surface area contributed by atoms with Gasteiger partial charge in [0.2, 0.25) is 0 Å². The summed E-state index contributed by atoms with van der Waals surface area (Å²) < 4.78 is 558. The number of rotatable bonds is 12. The van der Waals surface area contributed by atoms with E-state index in [0.29, 0.717) is 0 Å². The van der Waals surface area contributed by atoms with Gasteiger partial charge in [0.25, 0.3) is 0 Å². The number of benzene rings is 18. The lowest BCUT2D eigenvalue weighted by Gasteiger charge is -2.14. The molecule has 0 aliphatic rings. The van der Waals surface area contributed by atoms with E-state index in [1.807, 2.05) is 0 Å². The van der Waals surface area contributed by atoms with Crippen molar-refractivity contribution in [1.29, 1.82) is 0 Å². The zero-order valence-corrected chi connectivity index (χ0v) is 61.5. The first-order valence-electron chi connectivity index (χ1n) is 66.6. The van der Waals surface area contributed by atoms with Gasteiger partial charge in [-0.25, -0.2) is 9.97 Å². The molecule has 0 bridgehead atoms. The molecule has 18 aromatic carbocycles. The van der Waals surface area contributed by atoms with E-state index in [1.54, 1.807) is 18.2 Å². The molecule has 568 valence electrons. The maximum absolute atomic E-state index is 10.2. The maximum atomic E-state index is 10.2. The molecule has 122 heavy (non-hydrogen) atoms. The fourth-order valence-electron chi connectivity index (χ4n) is 14.8. The molecule has 24 rings (SSSR count). The Bertz CT molecular complexity index is 12000. The van der Waals surface area contributed by atoms with Crippen LogP contribution in [-0.2, 0) is 0 Å². The summed E-state index contributed by atoms with van der Waals surface area (Å²) in [6.45, 7) is 0. The lowest BCUT2D eigenvalue weighted by Crippen LogP contribution is -1.91. The Kier molecular flexibility index (Phi) is 8.10. The highest BCUT2D eigenvalue weighted by Gasteiger charge is 2.30. The lowest BCUT2D eigenvalue weighted by atomic mass is 9.88. The third-order valence-electron chi connectivity index (χ3n) is 20.0. The van der Waals surface area contributed by atoms with Crippen molar-refractivity contribution in [2.75, 3.05) is 0 Å². The van der Waals surface area contributed by atoms with Crippen LogP contribution in [0.2, 0.25) is 0 Å². The number of hydrogen-bond donors (Lipinski definition) is 0. The van der Waals surface area contributed by atoms with Crippen LogP contribution in [0.1, 0.15) is 82.2 Å². The van der Waals surface area contributed by atoms with Gasteiger partial charge in [0.05, 0.1) is 116 Å². The Balaban J connectivity index is 0.000000191. The van der Waals surface area contributed by atoms with Crippen molar-refractivity contribution in [2.24, 2.45) is 0 Å². The lowest BCUT2D eigenvalue weighted by molar-refractivity contribution is 0.599. The summed E-state index contributed by atoms with van der Waals surface area (Å²) in [5, 5.41) is -5.98. The van der Waals surface area contributed by atoms with Crippen molar-refractivity contribution in [3.8, 4) is 135 Å². The molecule has 0 saturated carbocycles. The Hall–Kier alpha value is -16.3. The number of hydrogen-bond acceptors (Lipinski definition) is 6. The Labute approximate surface area is 788 Å². The molecule has 6 aromatic heterocycles. The van der Waals surface area contributed by atoms with Gasteiger partial charge in [0.15, 0.2) is 0 Å². The third-order valence-corrected chi connectivity index (χ3v) is 20.0. The SMILES string of the molecule is [2H]c1nc2c(c([2H])c1[2H])c([2H])c([2H])c1c([2H])c([2H])c(-c3ccc(-c4c([2H])c([2H])c(-c5c(-c6c([2H])c([2H])c([2H])c([2H])c6[2H])oc(-c6c([2H])c7c([2H])c([2H])c([2H])c([2H])c7c7c([2H])c([2H])c([2H])c([2H])c67)c5-c5c([2H])c([2H])c([2H])c([2H])c5[2H])c([2H])c4[2H])c4ccccc34)nc12.[2H]c1nc2c(c([2H])c1[2H])c([2H])c([2H])c1c([2H])c([2H])c(-c3ccc(-c4c([2H])c([2H])c([2H])c(-c5oc(-c6c([2H])c7c([2H])c([2H])c([2H])c([2H])c7c7c([2H])c([2H])c([2H])c([2H])c67)c(-c6c([2H])c([2H])c([2H])c([2H])c6[2H])c5-c5c([2H])c([2H])c([2H])c([2H])c5[2H])c4[2H])c4ccccc34)nc12. The normalized spacial score (nSPS) is 18.5. The summed E-state index contributed by atoms with van der Waals surface area (Å²) in [6, 6.07) is -35.0. The highest BCUT2D eigenvalue weighted by molar-refractivity contribution is 6.19. The van der Waals surface area contributed by atoms with E-state index in [-0.39, 0.29) is 98.8 Å². The second-order valence-electron chi connectivity index (χ2n) is 26.7. The summed E-state index contributed by atoms with van der Waals surface area (Å²) >= 11 is 0. The van der Waals surface area contributed by atoms with Gasteiger partial charge in [-0.05, 0) is 151 Å². The Morgan fingerprint density at radius 1 is 0.189 bits per heavy atom. The van der Waals surface area contributed by atoms with Crippen LogP contribution in [0.5, 0.6) is 0 Å². The molecule has 0 saturated heterocycles. The predicted molar refractivity (Wildman–Crippen MR) is 509 cm³/mol. The smallest absolute Gasteiger partial charge is 0.143 e. The van der Waals surface area contributed by atoms with Gasteiger partial charge in [-0.1, -0.05) is 381 Å². The van der Waals surface area contributed by atoms with Crippen LogP contribution >= 0.6 is 0 Å². The van der Waals surface area contributed by atoms with Gasteiger partial charge >= 0.3 is 0 Å². The molecule has 0 fully saturated rings. The van der Waals surface area contributed by atoms with Crippen LogP contribution in [0.3, 0.4) is 0 Å². The molecule has 6 heteroatoms. The topological polar surface area (TPSA) is 77.8 Å². The van der Waals surface area contributed by atoms with Gasteiger partial charge in [-0.2, -0.15) is 0 Å². The van der Waals surface area contributed by atoms with Gasteiger partial charge in [0.1, 0.15) is 23.0 Å². The van der Waals surface area contributed by atoms with E-state index < -0.39 is 507 Å². The Morgan fingerprint density at radius 3 is 0.967 bits per heavy atom. The molecule has 0 aliphatic heterocycles. The number of pyridine rings is 4. The monoisotopic (exact) mass is 1610 g/mol. The fourth-order valence-corrected chi connectivity index (χ4v) is 14.8. The second kappa shape index (κ2) is 30.0. The van der Waals surface area contributed by atoms with E-state index in [2.05, 4.69) is 19.9 Å². The largest absolute Gasteiger partial charge is 0.455 e. The molecule has 0 radical (unpaired) electrons. The van der Waals surface area contributed by atoms with Crippen molar-refractivity contribution >= 4 is 108 Å². The number of nitrogens with zero attached hydrogens (tertiary/aromatic N) is 4. The van der Waals surface area contributed by atoms with Crippen molar-refractivity contribution in [1.82, 2.24) is 19.9 Å². The molecule has 0 aliphatic carbocycles. The first-order valence-corrected chi connectivity index (χ1v) is 36.6. The van der Waals surface area contributed by atoms with Gasteiger partial charge < -0.3 is 8.83 Å². The van der Waals surface area contributed by atoms with Crippen LogP contribution in [0, 0.1) is 0 Å². The highest BCUT2D eigenvalue weighted by atomic mass is 16.3. The fraction of sp³-hybridized carbons (Fsp3) is 0.